The maximum absolute atomic E-state index is 13.2. The Kier molecular flexibility index (Phi) is 9.40. The number of carboxylic acids is 1. The lowest BCUT2D eigenvalue weighted by Crippen LogP contribution is -2.39. The Morgan fingerprint density at radius 3 is 2.31 bits per heavy atom. The van der Waals surface area contributed by atoms with E-state index >= 15 is 0 Å². The van der Waals surface area contributed by atoms with Crippen LogP contribution in [-0.4, -0.2) is 59.7 Å². The molecule has 0 aromatic heterocycles. The highest BCUT2D eigenvalue weighted by Gasteiger charge is 2.26. The first-order valence-electron chi connectivity index (χ1n) is 13.0. The second-order valence-corrected chi connectivity index (χ2v) is 10.2. The molecule has 0 aliphatic carbocycles. The SMILES string of the molecule is CC(=O)Oc1c(C)c(C)c2c(c1C)C=C(C(=O)Nc1ccc(OCCN(C(C)C)C(C)C)cc1C(=O)O)CO2. The van der Waals surface area contributed by atoms with Crippen LogP contribution in [0.2, 0.25) is 0 Å². The minimum atomic E-state index is -1.19. The van der Waals surface area contributed by atoms with E-state index in [2.05, 4.69) is 37.9 Å². The number of fused-ring (bicyclic) bond motifs is 1. The number of amides is 1. The number of ether oxygens (including phenoxy) is 3. The molecular weight excluding hydrogens is 500 g/mol. The van der Waals surface area contributed by atoms with E-state index < -0.39 is 17.8 Å². The van der Waals surface area contributed by atoms with Crippen molar-refractivity contribution in [2.24, 2.45) is 0 Å². The molecular formula is C30H38N2O7. The summed E-state index contributed by atoms with van der Waals surface area (Å²) in [6.45, 7) is 16.4. The van der Waals surface area contributed by atoms with Gasteiger partial charge in [0.15, 0.2) is 0 Å². The summed E-state index contributed by atoms with van der Waals surface area (Å²) in [4.78, 5) is 39.1. The molecule has 210 valence electrons. The van der Waals surface area contributed by atoms with E-state index in [1.165, 1.54) is 19.1 Å². The number of carbonyl (C=O) groups excluding carboxylic acids is 2. The largest absolute Gasteiger partial charge is 0.492 e. The third-order valence-electron chi connectivity index (χ3n) is 6.88. The van der Waals surface area contributed by atoms with Gasteiger partial charge in [0.25, 0.3) is 5.91 Å². The summed E-state index contributed by atoms with van der Waals surface area (Å²) in [6, 6.07) is 5.29. The molecule has 0 bridgehead atoms. The summed E-state index contributed by atoms with van der Waals surface area (Å²) in [5, 5.41) is 12.5. The maximum atomic E-state index is 13.2. The smallest absolute Gasteiger partial charge is 0.337 e. The molecule has 2 aromatic rings. The highest BCUT2D eigenvalue weighted by molar-refractivity contribution is 6.10. The van der Waals surface area contributed by atoms with Crippen LogP contribution in [0, 0.1) is 20.8 Å². The van der Waals surface area contributed by atoms with Gasteiger partial charge in [-0.05, 0) is 83.9 Å². The zero-order chi connectivity index (χ0) is 29.0. The van der Waals surface area contributed by atoms with Crippen molar-refractivity contribution in [3.8, 4) is 17.2 Å². The molecule has 1 aliphatic heterocycles. The van der Waals surface area contributed by atoms with E-state index in [1.807, 2.05) is 13.8 Å². The number of benzene rings is 2. The van der Waals surface area contributed by atoms with Crippen LogP contribution in [0.1, 0.15) is 67.2 Å². The number of aromatic carboxylic acids is 1. The number of hydrogen-bond acceptors (Lipinski definition) is 7. The number of carboxylic acid groups (broad SMARTS) is 1. The molecule has 9 nitrogen and oxygen atoms in total. The quantitative estimate of drug-likeness (QED) is 0.315. The molecule has 0 fully saturated rings. The fourth-order valence-electron chi connectivity index (χ4n) is 4.75. The molecule has 2 aromatic carbocycles. The molecule has 0 saturated heterocycles. The first-order chi connectivity index (χ1) is 18.3. The molecule has 1 heterocycles. The van der Waals surface area contributed by atoms with Gasteiger partial charge in [-0.2, -0.15) is 0 Å². The lowest BCUT2D eigenvalue weighted by atomic mass is 9.94. The van der Waals surface area contributed by atoms with Crippen LogP contribution in [0.3, 0.4) is 0 Å². The minimum absolute atomic E-state index is 0.0112. The number of carbonyl (C=O) groups is 3. The molecule has 0 unspecified atom stereocenters. The monoisotopic (exact) mass is 538 g/mol. The number of hydrogen-bond donors (Lipinski definition) is 2. The summed E-state index contributed by atoms with van der Waals surface area (Å²) in [6.07, 6.45) is 1.69. The predicted octanol–water partition coefficient (Wildman–Crippen LogP) is 5.15. The van der Waals surface area contributed by atoms with Gasteiger partial charge in [-0.25, -0.2) is 4.79 Å². The second-order valence-electron chi connectivity index (χ2n) is 10.2. The van der Waals surface area contributed by atoms with Crippen molar-refractivity contribution in [3.63, 3.8) is 0 Å². The van der Waals surface area contributed by atoms with Gasteiger partial charge in [0.1, 0.15) is 30.5 Å². The van der Waals surface area contributed by atoms with Gasteiger partial charge >= 0.3 is 11.9 Å². The third kappa shape index (κ3) is 6.78. The lowest BCUT2D eigenvalue weighted by Gasteiger charge is -2.30. The summed E-state index contributed by atoms with van der Waals surface area (Å²) in [5.41, 5.74) is 3.30. The van der Waals surface area contributed by atoms with Crippen LogP contribution in [-0.2, 0) is 9.59 Å². The molecule has 3 rings (SSSR count). The van der Waals surface area contributed by atoms with Crippen molar-refractivity contribution in [2.45, 2.75) is 67.5 Å². The minimum Gasteiger partial charge on any atom is -0.492 e. The number of esters is 1. The van der Waals surface area contributed by atoms with E-state index in [1.54, 1.807) is 19.1 Å². The highest BCUT2D eigenvalue weighted by atomic mass is 16.5. The third-order valence-corrected chi connectivity index (χ3v) is 6.88. The standard InChI is InChI=1S/C30H38N2O7/c1-16(2)32(17(3)4)11-12-37-23-9-10-26(25(14-23)30(35)36)31-29(34)22-13-24-20(7)27(39-21(8)33)18(5)19(6)28(24)38-15-22/h9-10,13-14,16-17H,11-12,15H2,1-8H3,(H,31,34)(H,35,36). The van der Waals surface area contributed by atoms with E-state index in [-0.39, 0.29) is 17.9 Å². The number of anilines is 1. The van der Waals surface area contributed by atoms with Gasteiger partial charge in [0.05, 0.1) is 16.8 Å². The average Bonchev–Trinajstić information content (AvgIpc) is 2.87. The van der Waals surface area contributed by atoms with Crippen LogP contribution >= 0.6 is 0 Å². The summed E-state index contributed by atoms with van der Waals surface area (Å²) < 4.78 is 17.2. The molecule has 1 amide bonds. The molecule has 0 spiro atoms. The van der Waals surface area contributed by atoms with Gasteiger partial charge in [-0.3, -0.25) is 14.5 Å². The summed E-state index contributed by atoms with van der Waals surface area (Å²) in [5.74, 6) is -0.647. The number of rotatable bonds is 10. The summed E-state index contributed by atoms with van der Waals surface area (Å²) in [7, 11) is 0. The van der Waals surface area contributed by atoms with Gasteiger partial charge in [0.2, 0.25) is 0 Å². The normalized spacial score (nSPS) is 12.6. The lowest BCUT2D eigenvalue weighted by molar-refractivity contribution is -0.132. The van der Waals surface area contributed by atoms with Crippen molar-refractivity contribution in [2.75, 3.05) is 25.1 Å². The predicted molar refractivity (Wildman–Crippen MR) is 150 cm³/mol. The molecule has 0 atom stereocenters. The Morgan fingerprint density at radius 2 is 1.72 bits per heavy atom. The van der Waals surface area contributed by atoms with Crippen molar-refractivity contribution >= 4 is 29.6 Å². The van der Waals surface area contributed by atoms with Gasteiger partial charge in [0, 0.05) is 36.7 Å². The second kappa shape index (κ2) is 12.3. The maximum Gasteiger partial charge on any atom is 0.337 e. The van der Waals surface area contributed by atoms with Crippen LogP contribution in [0.25, 0.3) is 6.08 Å². The Labute approximate surface area is 229 Å². The molecule has 39 heavy (non-hydrogen) atoms. The number of nitrogens with one attached hydrogen (secondary N) is 1. The topological polar surface area (TPSA) is 114 Å². The van der Waals surface area contributed by atoms with Crippen molar-refractivity contribution in [3.05, 3.63) is 51.6 Å². The van der Waals surface area contributed by atoms with Crippen LogP contribution in [0.5, 0.6) is 17.2 Å². The summed E-state index contributed by atoms with van der Waals surface area (Å²) >= 11 is 0. The number of nitrogens with zero attached hydrogens (tertiary/aromatic N) is 1. The molecule has 0 radical (unpaired) electrons. The first-order valence-corrected chi connectivity index (χ1v) is 13.0. The van der Waals surface area contributed by atoms with E-state index in [0.29, 0.717) is 59.2 Å². The Hall–Kier alpha value is -3.85. The van der Waals surface area contributed by atoms with Gasteiger partial charge < -0.3 is 24.6 Å². The van der Waals surface area contributed by atoms with E-state index in [0.717, 1.165) is 11.1 Å². The van der Waals surface area contributed by atoms with Crippen molar-refractivity contribution < 1.29 is 33.7 Å². The highest BCUT2D eigenvalue weighted by Crippen LogP contribution is 2.41. The molecule has 1 aliphatic rings. The Balaban J connectivity index is 1.82. The molecule has 2 N–H and O–H groups in total. The van der Waals surface area contributed by atoms with Gasteiger partial charge in [-0.1, -0.05) is 0 Å². The first kappa shape index (κ1) is 29.7. The molecule has 9 heteroatoms. The Bertz CT molecular complexity index is 1300. The van der Waals surface area contributed by atoms with Crippen LogP contribution in [0.15, 0.2) is 23.8 Å². The van der Waals surface area contributed by atoms with Crippen molar-refractivity contribution in [1.82, 2.24) is 4.90 Å². The van der Waals surface area contributed by atoms with Crippen molar-refractivity contribution in [1.29, 1.82) is 0 Å². The average molecular weight is 539 g/mol. The fourth-order valence-corrected chi connectivity index (χ4v) is 4.75. The van der Waals surface area contributed by atoms with E-state index in [9.17, 15) is 19.5 Å². The van der Waals surface area contributed by atoms with Crippen LogP contribution in [0.4, 0.5) is 5.69 Å². The van der Waals surface area contributed by atoms with Crippen LogP contribution < -0.4 is 19.5 Å². The molecule has 0 saturated carbocycles. The Morgan fingerprint density at radius 1 is 1.05 bits per heavy atom. The van der Waals surface area contributed by atoms with Gasteiger partial charge in [-0.15, -0.1) is 0 Å². The van der Waals surface area contributed by atoms with E-state index in [4.69, 9.17) is 14.2 Å². The zero-order valence-electron chi connectivity index (χ0n) is 23.9. The zero-order valence-corrected chi connectivity index (χ0v) is 23.9. The fraction of sp³-hybridized carbons (Fsp3) is 0.433.